The third-order valence-corrected chi connectivity index (χ3v) is 6.14. The van der Waals surface area contributed by atoms with Crippen molar-refractivity contribution in [2.45, 2.75) is 123 Å². The quantitative estimate of drug-likeness (QED) is 0.189. The second kappa shape index (κ2) is 14.9. The lowest BCUT2D eigenvalue weighted by atomic mass is 10.0. The van der Waals surface area contributed by atoms with Crippen LogP contribution in [0.15, 0.2) is 0 Å². The minimum atomic E-state index is -1.69. The summed E-state index contributed by atoms with van der Waals surface area (Å²) in [6.45, 7) is 13.9. The smallest absolute Gasteiger partial charge is 0.292 e. The first kappa shape index (κ1) is 25.9. The Hall–Kier alpha value is -0.136. The molecule has 0 aromatic carbocycles. The molecule has 0 aliphatic rings. The van der Waals surface area contributed by atoms with Gasteiger partial charge in [0.1, 0.15) is 0 Å². The third-order valence-electron chi connectivity index (χ3n) is 4.23. The van der Waals surface area contributed by atoms with Gasteiger partial charge in [-0.2, -0.15) is 0 Å². The van der Waals surface area contributed by atoms with Gasteiger partial charge in [0, 0.05) is 13.0 Å². The predicted molar refractivity (Wildman–Crippen MR) is 119 cm³/mol. The summed E-state index contributed by atoms with van der Waals surface area (Å²) in [6.07, 6.45) is 16.1. The maximum atomic E-state index is 11.6. The molecule has 3 nitrogen and oxygen atoms in total. The van der Waals surface area contributed by atoms with Crippen molar-refractivity contribution in [3.63, 3.8) is 0 Å². The highest BCUT2D eigenvalue weighted by atomic mass is 28.4. The fourth-order valence-corrected chi connectivity index (χ4v) is 4.45. The van der Waals surface area contributed by atoms with Gasteiger partial charge in [-0.3, -0.25) is 4.79 Å². The molecular formula is C21H46O3Si2. The van der Waals surface area contributed by atoms with Crippen LogP contribution < -0.4 is 0 Å². The van der Waals surface area contributed by atoms with E-state index in [4.69, 9.17) is 8.85 Å². The van der Waals surface area contributed by atoms with Crippen molar-refractivity contribution in [1.29, 1.82) is 0 Å². The number of rotatable bonds is 17. The zero-order chi connectivity index (χ0) is 19.9. The number of hydrogen-bond acceptors (Lipinski definition) is 3. The maximum absolute atomic E-state index is 11.6. The fourth-order valence-electron chi connectivity index (χ4n) is 2.91. The van der Waals surface area contributed by atoms with Crippen molar-refractivity contribution in [2.75, 3.05) is 6.61 Å². The molecule has 156 valence electrons. The Morgan fingerprint density at radius 2 is 0.962 bits per heavy atom. The molecule has 0 amide bonds. The van der Waals surface area contributed by atoms with E-state index < -0.39 is 16.6 Å². The van der Waals surface area contributed by atoms with E-state index >= 15 is 0 Å². The molecule has 0 aliphatic carbocycles. The average Bonchev–Trinajstić information content (AvgIpc) is 2.48. The Kier molecular flexibility index (Phi) is 14.8. The van der Waals surface area contributed by atoms with Crippen LogP contribution >= 0.6 is 0 Å². The Bertz CT molecular complexity index is 346. The topological polar surface area (TPSA) is 35.5 Å². The van der Waals surface area contributed by atoms with E-state index in [1.807, 2.05) is 0 Å². The molecule has 0 rings (SSSR count). The summed E-state index contributed by atoms with van der Waals surface area (Å²) in [4.78, 5) is 11.6. The first-order chi connectivity index (χ1) is 12.1. The Morgan fingerprint density at radius 3 is 1.35 bits per heavy atom. The van der Waals surface area contributed by atoms with E-state index in [0.29, 0.717) is 6.42 Å². The molecule has 0 saturated carbocycles. The number of unbranched alkanes of at least 4 members (excludes halogenated alkanes) is 11. The van der Waals surface area contributed by atoms with Crippen LogP contribution in [0, 0.1) is 0 Å². The zero-order valence-corrected chi connectivity index (χ0v) is 20.6. The maximum Gasteiger partial charge on any atom is 0.292 e. The summed E-state index contributed by atoms with van der Waals surface area (Å²) in [5.41, 5.74) is 0. The number of carbonyl (C=O) groups is 1. The van der Waals surface area contributed by atoms with E-state index in [9.17, 15) is 4.79 Å². The van der Waals surface area contributed by atoms with Crippen LogP contribution in [0.3, 0.4) is 0 Å². The summed E-state index contributed by atoms with van der Waals surface area (Å²) in [5.74, 6) is 0.0104. The predicted octanol–water partition coefficient (Wildman–Crippen LogP) is 7.29. The third kappa shape index (κ3) is 21.9. The van der Waals surface area contributed by atoms with Gasteiger partial charge < -0.3 is 8.85 Å². The van der Waals surface area contributed by atoms with Crippen LogP contribution in [0.4, 0.5) is 0 Å². The number of carbonyl (C=O) groups excluding carboxylic acids is 1. The molecule has 0 spiro atoms. The van der Waals surface area contributed by atoms with Crippen molar-refractivity contribution >= 4 is 22.6 Å². The van der Waals surface area contributed by atoms with Crippen LogP contribution in [-0.4, -0.2) is 29.2 Å². The molecule has 0 atom stereocenters. The van der Waals surface area contributed by atoms with Gasteiger partial charge in [-0.25, -0.2) is 0 Å². The summed E-state index contributed by atoms with van der Waals surface area (Å²) in [6, 6.07) is 0. The van der Waals surface area contributed by atoms with Crippen LogP contribution in [0.5, 0.6) is 0 Å². The first-order valence-corrected chi connectivity index (χ1v) is 17.8. The Morgan fingerprint density at radius 1 is 0.577 bits per heavy atom. The molecule has 0 aromatic heterocycles. The fraction of sp³-hybridized carbons (Fsp3) is 0.952. The van der Waals surface area contributed by atoms with Crippen LogP contribution in [-0.2, 0) is 13.6 Å². The molecule has 0 radical (unpaired) electrons. The minimum absolute atomic E-state index is 0.0104. The monoisotopic (exact) mass is 402 g/mol. The molecular weight excluding hydrogens is 356 g/mol. The summed E-state index contributed by atoms with van der Waals surface area (Å²) in [7, 11) is -2.99. The molecule has 0 N–H and O–H groups in total. The van der Waals surface area contributed by atoms with E-state index in [-0.39, 0.29) is 5.97 Å². The minimum Gasteiger partial charge on any atom is -0.520 e. The first-order valence-electron chi connectivity index (χ1n) is 11.0. The molecule has 0 saturated heterocycles. The second-order valence-corrected chi connectivity index (χ2v) is 18.5. The highest BCUT2D eigenvalue weighted by Gasteiger charge is 2.19. The van der Waals surface area contributed by atoms with E-state index in [1.165, 1.54) is 70.6 Å². The van der Waals surface area contributed by atoms with E-state index in [2.05, 4.69) is 39.3 Å². The van der Waals surface area contributed by atoms with Crippen molar-refractivity contribution in [2.24, 2.45) is 0 Å². The highest BCUT2D eigenvalue weighted by molar-refractivity contribution is 6.71. The lowest BCUT2D eigenvalue weighted by molar-refractivity contribution is -0.135. The van der Waals surface area contributed by atoms with Gasteiger partial charge in [0.15, 0.2) is 8.32 Å². The van der Waals surface area contributed by atoms with Crippen molar-refractivity contribution in [1.82, 2.24) is 0 Å². The van der Waals surface area contributed by atoms with Gasteiger partial charge in [-0.1, -0.05) is 64.2 Å². The summed E-state index contributed by atoms with van der Waals surface area (Å²) < 4.78 is 11.3. The van der Waals surface area contributed by atoms with Crippen LogP contribution in [0.25, 0.3) is 0 Å². The van der Waals surface area contributed by atoms with Crippen molar-refractivity contribution < 1.29 is 13.6 Å². The van der Waals surface area contributed by atoms with E-state index in [1.54, 1.807) is 0 Å². The van der Waals surface area contributed by atoms with Gasteiger partial charge in [-0.05, 0) is 52.1 Å². The molecule has 5 heteroatoms. The van der Waals surface area contributed by atoms with Gasteiger partial charge in [0.25, 0.3) is 5.97 Å². The highest BCUT2D eigenvalue weighted by Crippen LogP contribution is 2.14. The second-order valence-electron chi connectivity index (χ2n) is 9.54. The summed E-state index contributed by atoms with van der Waals surface area (Å²) >= 11 is 0. The molecule has 0 unspecified atom stereocenters. The number of hydrogen-bond donors (Lipinski definition) is 0. The Labute approximate surface area is 165 Å². The molecule has 0 heterocycles. The average molecular weight is 403 g/mol. The lowest BCUT2D eigenvalue weighted by Crippen LogP contribution is -2.28. The van der Waals surface area contributed by atoms with E-state index in [0.717, 1.165) is 13.0 Å². The molecule has 0 aliphatic heterocycles. The van der Waals surface area contributed by atoms with Gasteiger partial charge in [0.2, 0.25) is 8.32 Å². The standard InChI is InChI=1S/C21H46O3Si2/c1-25(2,3)23-20-18-16-14-12-10-8-7-9-11-13-15-17-19-21(22)24-26(4,5)6/h7-20H2,1-6H3. The molecule has 0 fully saturated rings. The normalized spacial score (nSPS) is 12.4. The SMILES string of the molecule is C[Si](C)(C)OCCCCCCCCCCCCCCC(=O)O[Si](C)(C)C. The Balaban J connectivity index is 3.19. The van der Waals surface area contributed by atoms with Crippen molar-refractivity contribution in [3.8, 4) is 0 Å². The van der Waals surface area contributed by atoms with Crippen LogP contribution in [0.2, 0.25) is 39.3 Å². The summed E-state index contributed by atoms with van der Waals surface area (Å²) in [5, 5.41) is 0. The largest absolute Gasteiger partial charge is 0.520 e. The molecule has 0 bridgehead atoms. The molecule has 0 aromatic rings. The molecule has 26 heavy (non-hydrogen) atoms. The zero-order valence-electron chi connectivity index (χ0n) is 18.6. The van der Waals surface area contributed by atoms with Gasteiger partial charge >= 0.3 is 0 Å². The lowest BCUT2D eigenvalue weighted by Gasteiger charge is -2.17. The van der Waals surface area contributed by atoms with Gasteiger partial charge in [-0.15, -0.1) is 0 Å². The van der Waals surface area contributed by atoms with Crippen LogP contribution in [0.1, 0.15) is 83.5 Å². The van der Waals surface area contributed by atoms with Crippen molar-refractivity contribution in [3.05, 3.63) is 0 Å². The van der Waals surface area contributed by atoms with Gasteiger partial charge in [0.05, 0.1) is 0 Å².